The van der Waals surface area contributed by atoms with Crippen molar-refractivity contribution in [2.24, 2.45) is 7.05 Å². The Bertz CT molecular complexity index is 1350. The zero-order valence-corrected chi connectivity index (χ0v) is 19.8. The van der Waals surface area contributed by atoms with Crippen molar-refractivity contribution in [1.82, 2.24) is 34.6 Å². The van der Waals surface area contributed by atoms with Crippen molar-refractivity contribution in [3.63, 3.8) is 0 Å². The summed E-state index contributed by atoms with van der Waals surface area (Å²) in [6.07, 6.45) is 5.39. The molecule has 0 saturated carbocycles. The number of anilines is 1. The summed E-state index contributed by atoms with van der Waals surface area (Å²) < 4.78 is 1.81. The molecule has 1 amide bonds. The molecule has 5 heterocycles. The van der Waals surface area contributed by atoms with E-state index in [-0.39, 0.29) is 11.9 Å². The second-order valence-electron chi connectivity index (χ2n) is 8.32. The predicted molar refractivity (Wildman–Crippen MR) is 128 cm³/mol. The second-order valence-corrected chi connectivity index (χ2v) is 9.17. The minimum Gasteiger partial charge on any atom is -0.375 e. The Kier molecular flexibility index (Phi) is 5.58. The molecule has 1 fully saturated rings. The van der Waals surface area contributed by atoms with Gasteiger partial charge in [0.25, 0.3) is 5.91 Å². The summed E-state index contributed by atoms with van der Waals surface area (Å²) in [5.74, 6) is 0.194. The first-order chi connectivity index (χ1) is 16.3. The van der Waals surface area contributed by atoms with Crippen LogP contribution in [-0.2, 0) is 17.4 Å². The SMILES string of the molecule is C[C@@H](Nc1nccc(-c2nc(-c3cc([C@]4(O)CCN(C)C4=O)ccn3)cs2)n1)c1ccnn1C. The number of aromatic nitrogens is 6. The third-order valence-electron chi connectivity index (χ3n) is 6.04. The number of hydrogen-bond acceptors (Lipinski definition) is 9. The Morgan fingerprint density at radius 1 is 1.09 bits per heavy atom. The molecular weight excluding hydrogens is 452 g/mol. The van der Waals surface area contributed by atoms with Gasteiger partial charge in [-0.3, -0.25) is 14.5 Å². The molecule has 1 saturated heterocycles. The van der Waals surface area contributed by atoms with Crippen LogP contribution in [0.25, 0.3) is 22.1 Å². The van der Waals surface area contributed by atoms with Crippen LogP contribution >= 0.6 is 11.3 Å². The fourth-order valence-corrected chi connectivity index (χ4v) is 4.86. The number of aliphatic hydroxyl groups is 1. The summed E-state index contributed by atoms with van der Waals surface area (Å²) in [6.45, 7) is 2.53. The lowest BCUT2D eigenvalue weighted by Gasteiger charge is -2.21. The molecule has 0 radical (unpaired) electrons. The molecule has 1 aliphatic heterocycles. The Balaban J connectivity index is 1.38. The number of amides is 1. The first-order valence-corrected chi connectivity index (χ1v) is 11.7. The van der Waals surface area contributed by atoms with E-state index in [9.17, 15) is 9.90 Å². The zero-order chi connectivity index (χ0) is 23.9. The molecule has 0 aliphatic carbocycles. The van der Waals surface area contributed by atoms with Gasteiger partial charge in [-0.25, -0.2) is 15.0 Å². The number of rotatable bonds is 6. The van der Waals surface area contributed by atoms with E-state index >= 15 is 0 Å². The maximum absolute atomic E-state index is 12.5. The molecule has 4 aromatic heterocycles. The normalized spacial score (nSPS) is 18.9. The highest BCUT2D eigenvalue weighted by Crippen LogP contribution is 2.35. The van der Waals surface area contributed by atoms with Crippen LogP contribution in [0.2, 0.25) is 0 Å². The van der Waals surface area contributed by atoms with E-state index in [1.165, 1.54) is 16.2 Å². The van der Waals surface area contributed by atoms with Crippen molar-refractivity contribution >= 4 is 23.2 Å². The van der Waals surface area contributed by atoms with Crippen LogP contribution in [0.3, 0.4) is 0 Å². The standard InChI is InChI=1S/C23H24N8O2S/c1-14(19-6-10-26-31(19)3)27-22-25-9-5-16(29-22)20-28-18(13-34-20)17-12-15(4-8-24-17)23(33)7-11-30(2)21(23)32/h4-6,8-10,12-14,33H,7,11H2,1-3H3,(H,25,27,29)/t14-,23-/m1/s1. The number of carbonyl (C=O) groups is 1. The van der Waals surface area contributed by atoms with Crippen LogP contribution in [0, 0.1) is 0 Å². The summed E-state index contributed by atoms with van der Waals surface area (Å²) in [5, 5.41) is 21.1. The molecule has 10 nitrogen and oxygen atoms in total. The summed E-state index contributed by atoms with van der Waals surface area (Å²) >= 11 is 1.44. The molecule has 0 bridgehead atoms. The molecule has 0 unspecified atom stereocenters. The minimum absolute atomic E-state index is 0.0234. The number of pyridine rings is 1. The zero-order valence-electron chi connectivity index (χ0n) is 19.0. The molecular formula is C23H24N8O2S. The van der Waals surface area contributed by atoms with Crippen molar-refractivity contribution in [2.45, 2.75) is 25.0 Å². The van der Waals surface area contributed by atoms with Crippen molar-refractivity contribution in [3.05, 3.63) is 59.5 Å². The molecule has 174 valence electrons. The van der Waals surface area contributed by atoms with E-state index in [4.69, 9.17) is 4.98 Å². The summed E-state index contributed by atoms with van der Waals surface area (Å²) in [7, 11) is 3.59. The third kappa shape index (κ3) is 3.93. The number of nitrogens with one attached hydrogen (secondary N) is 1. The first kappa shape index (κ1) is 22.1. The lowest BCUT2D eigenvalue weighted by atomic mass is 9.92. The van der Waals surface area contributed by atoms with Gasteiger partial charge in [0.15, 0.2) is 5.60 Å². The van der Waals surface area contributed by atoms with Crippen molar-refractivity contribution in [1.29, 1.82) is 0 Å². The van der Waals surface area contributed by atoms with Gasteiger partial charge in [-0.15, -0.1) is 11.3 Å². The number of hydrogen-bond donors (Lipinski definition) is 2. The highest BCUT2D eigenvalue weighted by Gasteiger charge is 2.45. The lowest BCUT2D eigenvalue weighted by Crippen LogP contribution is -2.36. The molecule has 11 heteroatoms. The second kappa shape index (κ2) is 8.58. The largest absolute Gasteiger partial charge is 0.375 e. The summed E-state index contributed by atoms with van der Waals surface area (Å²) in [6, 6.07) is 7.15. The number of likely N-dealkylation sites (N-methyl/N-ethyl adjacent to an activating group) is 1. The summed E-state index contributed by atoms with van der Waals surface area (Å²) in [4.78, 5) is 32.1. The van der Waals surface area contributed by atoms with Gasteiger partial charge in [-0.05, 0) is 36.8 Å². The fourth-order valence-electron chi connectivity index (χ4n) is 4.08. The monoisotopic (exact) mass is 476 g/mol. The van der Waals surface area contributed by atoms with Gasteiger partial charge >= 0.3 is 0 Å². The molecule has 5 rings (SSSR count). The van der Waals surface area contributed by atoms with Gasteiger partial charge in [-0.2, -0.15) is 5.10 Å². The maximum Gasteiger partial charge on any atom is 0.258 e. The molecule has 2 atom stereocenters. The average molecular weight is 477 g/mol. The van der Waals surface area contributed by atoms with Crippen LogP contribution in [0.5, 0.6) is 0 Å². The van der Waals surface area contributed by atoms with E-state index in [2.05, 4.69) is 25.4 Å². The van der Waals surface area contributed by atoms with E-state index < -0.39 is 5.60 Å². The van der Waals surface area contributed by atoms with Gasteiger partial charge in [0.05, 0.1) is 17.4 Å². The van der Waals surface area contributed by atoms with Crippen molar-refractivity contribution in [2.75, 3.05) is 18.9 Å². The molecule has 0 spiro atoms. The molecule has 4 aromatic rings. The highest BCUT2D eigenvalue weighted by molar-refractivity contribution is 7.13. The van der Waals surface area contributed by atoms with Gasteiger partial charge in [-0.1, -0.05) is 0 Å². The van der Waals surface area contributed by atoms with Crippen LogP contribution in [0.1, 0.15) is 30.6 Å². The number of carbonyl (C=O) groups excluding carboxylic acids is 1. The Morgan fingerprint density at radius 3 is 2.65 bits per heavy atom. The van der Waals surface area contributed by atoms with Gasteiger partial charge < -0.3 is 15.3 Å². The lowest BCUT2D eigenvalue weighted by molar-refractivity contribution is -0.143. The molecule has 34 heavy (non-hydrogen) atoms. The van der Waals surface area contributed by atoms with E-state index in [1.54, 1.807) is 37.8 Å². The topological polar surface area (TPSA) is 122 Å². The minimum atomic E-state index is -1.52. The quantitative estimate of drug-likeness (QED) is 0.436. The average Bonchev–Trinajstić information content (AvgIpc) is 3.57. The fraction of sp³-hybridized carbons (Fsp3) is 0.304. The molecule has 1 aliphatic rings. The van der Waals surface area contributed by atoms with Crippen molar-refractivity contribution < 1.29 is 9.90 Å². The molecule has 0 aromatic carbocycles. The number of aryl methyl sites for hydroxylation is 1. The van der Waals surface area contributed by atoms with Gasteiger partial charge in [0.1, 0.15) is 16.4 Å². The van der Waals surface area contributed by atoms with E-state index in [1.807, 2.05) is 36.2 Å². The van der Waals surface area contributed by atoms with Crippen LogP contribution in [0.4, 0.5) is 5.95 Å². The number of likely N-dealkylation sites (tertiary alicyclic amines) is 1. The highest BCUT2D eigenvalue weighted by atomic mass is 32.1. The number of thiazole rings is 1. The van der Waals surface area contributed by atoms with Crippen LogP contribution in [-0.4, -0.2) is 59.2 Å². The van der Waals surface area contributed by atoms with Gasteiger partial charge in [0, 0.05) is 51.0 Å². The summed E-state index contributed by atoms with van der Waals surface area (Å²) in [5.41, 5.74) is 1.95. The Labute approximate surface area is 200 Å². The Hall–Kier alpha value is -3.70. The van der Waals surface area contributed by atoms with E-state index in [0.717, 1.165) is 10.7 Å². The van der Waals surface area contributed by atoms with Crippen LogP contribution < -0.4 is 5.32 Å². The number of nitrogens with zero attached hydrogens (tertiary/aromatic N) is 7. The maximum atomic E-state index is 12.5. The van der Waals surface area contributed by atoms with E-state index in [0.29, 0.717) is 41.6 Å². The Morgan fingerprint density at radius 2 is 1.91 bits per heavy atom. The van der Waals surface area contributed by atoms with Crippen molar-refractivity contribution in [3.8, 4) is 22.1 Å². The first-order valence-electron chi connectivity index (χ1n) is 10.8. The van der Waals surface area contributed by atoms with Crippen LogP contribution in [0.15, 0.2) is 48.2 Å². The molecule has 2 N–H and O–H groups in total. The smallest absolute Gasteiger partial charge is 0.258 e. The third-order valence-corrected chi connectivity index (χ3v) is 6.90. The van der Waals surface area contributed by atoms with Gasteiger partial charge in [0.2, 0.25) is 5.95 Å². The predicted octanol–water partition coefficient (Wildman–Crippen LogP) is 2.62.